The molecule has 0 N–H and O–H groups in total. The summed E-state index contributed by atoms with van der Waals surface area (Å²) < 4.78 is 1.74. The fourth-order valence-electron chi connectivity index (χ4n) is 6.25. The lowest BCUT2D eigenvalue weighted by atomic mass is 9.68. The van der Waals surface area contributed by atoms with Crippen molar-refractivity contribution in [2.45, 2.75) is 16.2 Å². The monoisotopic (exact) mass is 485 g/mol. The average molecular weight is 486 g/mol. The predicted molar refractivity (Wildman–Crippen MR) is 131 cm³/mol. The van der Waals surface area contributed by atoms with E-state index in [1.54, 1.807) is 34.7 Å². The highest BCUT2D eigenvalue weighted by Gasteiger charge is 2.74. The summed E-state index contributed by atoms with van der Waals surface area (Å²) in [6.07, 6.45) is 4.33. The van der Waals surface area contributed by atoms with Crippen LogP contribution in [-0.2, 0) is 0 Å². The fraction of sp³-hybridized carbons (Fsp3) is 0.179. The fourth-order valence-corrected chi connectivity index (χ4v) is 7.22. The Morgan fingerprint density at radius 2 is 1.38 bits per heavy atom. The number of pyridine rings is 1. The SMILES string of the molecule is O=C(c1ccccc1)c1c2c(c3ccc4ccccc4n13)C(=O)C1(Cl)C3C=CC(C3)C1(Cl)C2=O. The van der Waals surface area contributed by atoms with Crippen LogP contribution >= 0.6 is 23.2 Å². The number of benzene rings is 2. The number of nitrogens with zero attached hydrogens (tertiary/aromatic N) is 1. The van der Waals surface area contributed by atoms with Crippen LogP contribution in [0.1, 0.15) is 43.2 Å². The molecule has 2 heterocycles. The van der Waals surface area contributed by atoms with Gasteiger partial charge in [0.05, 0.1) is 22.2 Å². The predicted octanol–water partition coefficient (Wildman–Crippen LogP) is 5.86. The molecule has 4 unspecified atom stereocenters. The van der Waals surface area contributed by atoms with Crippen LogP contribution in [0, 0.1) is 11.8 Å². The number of carbonyl (C=O) groups is 3. The van der Waals surface area contributed by atoms with E-state index in [1.165, 1.54) is 0 Å². The molecular formula is C28H17Cl2NO3. The van der Waals surface area contributed by atoms with E-state index in [0.29, 0.717) is 17.5 Å². The minimum absolute atomic E-state index is 0.0856. The highest BCUT2D eigenvalue weighted by Crippen LogP contribution is 2.64. The lowest BCUT2D eigenvalue weighted by molar-refractivity contribution is 0.0777. The van der Waals surface area contributed by atoms with Gasteiger partial charge in [-0.25, -0.2) is 0 Å². The van der Waals surface area contributed by atoms with Gasteiger partial charge in [-0.3, -0.25) is 14.4 Å². The summed E-state index contributed by atoms with van der Waals surface area (Å²) in [5, 5.41) is 0.882. The third-order valence-corrected chi connectivity index (χ3v) is 9.40. The summed E-state index contributed by atoms with van der Waals surface area (Å²) in [4.78, 5) is 39.2. The normalized spacial score (nSPS) is 29.1. The third kappa shape index (κ3) is 2.10. The van der Waals surface area contributed by atoms with Crippen LogP contribution < -0.4 is 0 Å². The van der Waals surface area contributed by atoms with Gasteiger partial charge in [0.2, 0.25) is 5.78 Å². The zero-order chi connectivity index (χ0) is 23.4. The molecule has 2 aromatic heterocycles. The van der Waals surface area contributed by atoms with Crippen LogP contribution in [-0.4, -0.2) is 31.5 Å². The van der Waals surface area contributed by atoms with Crippen molar-refractivity contribution in [3.8, 4) is 0 Å². The minimum atomic E-state index is -1.62. The van der Waals surface area contributed by atoms with Gasteiger partial charge in [-0.1, -0.05) is 66.7 Å². The number of fused-ring (bicyclic) bond motifs is 10. The molecule has 7 rings (SSSR count). The lowest BCUT2D eigenvalue weighted by Gasteiger charge is -2.44. The molecular weight excluding hydrogens is 469 g/mol. The van der Waals surface area contributed by atoms with Gasteiger partial charge in [0, 0.05) is 17.4 Å². The Morgan fingerprint density at radius 3 is 2.09 bits per heavy atom. The van der Waals surface area contributed by atoms with E-state index in [-0.39, 0.29) is 40.2 Å². The first-order valence-electron chi connectivity index (χ1n) is 11.2. The molecule has 166 valence electrons. The van der Waals surface area contributed by atoms with Crippen molar-refractivity contribution >= 4 is 57.0 Å². The number of alkyl halides is 2. The Kier molecular flexibility index (Phi) is 3.84. The summed E-state index contributed by atoms with van der Waals surface area (Å²) in [5.74, 6) is -1.85. The van der Waals surface area contributed by atoms with Crippen molar-refractivity contribution in [2.75, 3.05) is 0 Å². The Bertz CT molecular complexity index is 1640. The van der Waals surface area contributed by atoms with Gasteiger partial charge in [-0.15, -0.1) is 23.2 Å². The third-order valence-electron chi connectivity index (χ3n) is 7.81. The Balaban J connectivity index is 1.65. The largest absolute Gasteiger partial charge is 0.305 e. The number of hydrogen-bond acceptors (Lipinski definition) is 3. The Morgan fingerprint density at radius 1 is 0.765 bits per heavy atom. The summed E-state index contributed by atoms with van der Waals surface area (Å²) in [6, 6.07) is 20.0. The van der Waals surface area contributed by atoms with Crippen molar-refractivity contribution in [1.82, 2.24) is 4.40 Å². The maximum Gasteiger partial charge on any atom is 0.210 e. The second-order valence-electron chi connectivity index (χ2n) is 9.32. The minimum Gasteiger partial charge on any atom is -0.305 e. The number of allylic oxidation sites excluding steroid dienone is 2. The first-order chi connectivity index (χ1) is 16.4. The highest BCUT2D eigenvalue weighted by molar-refractivity contribution is 6.56. The van der Waals surface area contributed by atoms with Gasteiger partial charge in [0.15, 0.2) is 11.6 Å². The number of halogens is 2. The van der Waals surface area contributed by atoms with E-state index in [0.717, 1.165) is 10.9 Å². The summed E-state index contributed by atoms with van der Waals surface area (Å²) >= 11 is 14.1. The van der Waals surface area contributed by atoms with E-state index < -0.39 is 15.5 Å². The van der Waals surface area contributed by atoms with Crippen molar-refractivity contribution in [3.05, 3.63) is 101 Å². The van der Waals surface area contributed by atoms with Crippen LogP contribution in [0.5, 0.6) is 0 Å². The quantitative estimate of drug-likeness (QED) is 0.203. The van der Waals surface area contributed by atoms with Gasteiger partial charge in [0.1, 0.15) is 15.4 Å². The summed E-state index contributed by atoms with van der Waals surface area (Å²) in [7, 11) is 0. The standard InChI is InChI=1S/C28H17Cl2NO3/c29-27-17-11-12-18(14-17)28(27,30)26(34)22-21(25(27)33)20-13-10-15-6-4-5-9-19(15)31(20)23(22)24(32)16-7-2-1-3-8-16/h1-13,17-18H,14H2. The highest BCUT2D eigenvalue weighted by atomic mass is 35.5. The van der Waals surface area contributed by atoms with Crippen LogP contribution in [0.4, 0.5) is 0 Å². The molecule has 2 bridgehead atoms. The van der Waals surface area contributed by atoms with Crippen LogP contribution in [0.15, 0.2) is 78.9 Å². The molecule has 4 aromatic rings. The van der Waals surface area contributed by atoms with E-state index in [9.17, 15) is 14.4 Å². The number of aromatic nitrogens is 1. The maximum absolute atomic E-state index is 14.3. The van der Waals surface area contributed by atoms with Crippen molar-refractivity contribution in [3.63, 3.8) is 0 Å². The number of carbonyl (C=O) groups excluding carboxylic acids is 3. The lowest BCUT2D eigenvalue weighted by Crippen LogP contribution is -2.62. The zero-order valence-corrected chi connectivity index (χ0v) is 19.3. The average Bonchev–Trinajstić information content (AvgIpc) is 3.55. The summed E-state index contributed by atoms with van der Waals surface area (Å²) in [5.41, 5.74) is 2.10. The van der Waals surface area contributed by atoms with E-state index >= 15 is 0 Å². The maximum atomic E-state index is 14.3. The zero-order valence-electron chi connectivity index (χ0n) is 17.8. The van der Waals surface area contributed by atoms with Crippen LogP contribution in [0.2, 0.25) is 0 Å². The molecule has 1 saturated carbocycles. The van der Waals surface area contributed by atoms with Crippen molar-refractivity contribution in [2.24, 2.45) is 11.8 Å². The molecule has 4 nitrogen and oxygen atoms in total. The van der Waals surface area contributed by atoms with E-state index in [2.05, 4.69) is 0 Å². The number of ketones is 3. The summed E-state index contributed by atoms with van der Waals surface area (Å²) in [6.45, 7) is 0. The van der Waals surface area contributed by atoms with Gasteiger partial charge >= 0.3 is 0 Å². The van der Waals surface area contributed by atoms with Gasteiger partial charge in [-0.05, 0) is 23.9 Å². The van der Waals surface area contributed by atoms with Crippen LogP contribution in [0.25, 0.3) is 16.4 Å². The van der Waals surface area contributed by atoms with E-state index in [1.807, 2.05) is 48.6 Å². The molecule has 4 atom stereocenters. The van der Waals surface area contributed by atoms with Gasteiger partial charge in [-0.2, -0.15) is 0 Å². The molecule has 3 aliphatic rings. The van der Waals surface area contributed by atoms with Crippen LogP contribution in [0.3, 0.4) is 0 Å². The molecule has 0 aliphatic heterocycles. The molecule has 3 aliphatic carbocycles. The molecule has 2 aromatic carbocycles. The number of rotatable bonds is 2. The number of Topliss-reactive ketones (excluding diaryl/α,β-unsaturated/α-hetero) is 2. The van der Waals surface area contributed by atoms with Crippen molar-refractivity contribution < 1.29 is 14.4 Å². The Hall–Kier alpha value is -3.21. The van der Waals surface area contributed by atoms with Gasteiger partial charge in [0.25, 0.3) is 0 Å². The first kappa shape index (κ1) is 20.2. The van der Waals surface area contributed by atoms with Crippen molar-refractivity contribution in [1.29, 1.82) is 0 Å². The number of para-hydroxylation sites is 1. The smallest absolute Gasteiger partial charge is 0.210 e. The molecule has 6 heteroatoms. The molecule has 0 radical (unpaired) electrons. The molecule has 34 heavy (non-hydrogen) atoms. The molecule has 0 saturated heterocycles. The van der Waals surface area contributed by atoms with Gasteiger partial charge < -0.3 is 4.40 Å². The topological polar surface area (TPSA) is 55.6 Å². The molecule has 0 amide bonds. The Labute approximate surface area is 204 Å². The van der Waals surface area contributed by atoms with E-state index in [4.69, 9.17) is 23.2 Å². The second-order valence-corrected chi connectivity index (χ2v) is 10.5. The number of hydrogen-bond donors (Lipinski definition) is 0. The molecule has 0 spiro atoms. The molecule has 1 fully saturated rings. The second kappa shape index (κ2) is 6.47. The first-order valence-corrected chi connectivity index (χ1v) is 12.0.